The first-order valence-electron chi connectivity index (χ1n) is 9.35. The number of carbonyl (C=O) groups excluding carboxylic acids is 3. The Morgan fingerprint density at radius 3 is 1.84 bits per heavy atom. The van der Waals surface area contributed by atoms with Crippen LogP contribution in [0.15, 0.2) is 0 Å². The molecule has 2 amide bonds. The molecule has 25 heavy (non-hydrogen) atoms. The van der Waals surface area contributed by atoms with Crippen molar-refractivity contribution in [1.82, 2.24) is 10.6 Å². The van der Waals surface area contributed by atoms with Crippen molar-refractivity contribution in [2.45, 2.75) is 72.4 Å². The minimum atomic E-state index is -0.716. The summed E-state index contributed by atoms with van der Waals surface area (Å²) in [7, 11) is 1.30. The lowest BCUT2D eigenvalue weighted by molar-refractivity contribution is -0.147. The molecule has 1 aliphatic carbocycles. The van der Waals surface area contributed by atoms with Crippen LogP contribution in [0.2, 0.25) is 0 Å². The average molecular weight is 354 g/mol. The van der Waals surface area contributed by atoms with Gasteiger partial charge in [0, 0.05) is 5.92 Å². The minimum Gasteiger partial charge on any atom is -0.467 e. The Balaban J connectivity index is 2.73. The van der Waals surface area contributed by atoms with E-state index in [0.717, 1.165) is 25.7 Å². The number of nitrogens with one attached hydrogen (secondary N) is 2. The molecule has 0 aromatic heterocycles. The molecular weight excluding hydrogens is 320 g/mol. The van der Waals surface area contributed by atoms with E-state index in [1.165, 1.54) is 7.11 Å². The van der Waals surface area contributed by atoms with Gasteiger partial charge in [-0.3, -0.25) is 9.59 Å². The maximum absolute atomic E-state index is 12.7. The van der Waals surface area contributed by atoms with E-state index in [-0.39, 0.29) is 29.6 Å². The molecule has 0 aromatic carbocycles. The largest absolute Gasteiger partial charge is 0.467 e. The second-order valence-corrected chi connectivity index (χ2v) is 7.94. The molecule has 6 nitrogen and oxygen atoms in total. The van der Waals surface area contributed by atoms with E-state index in [9.17, 15) is 14.4 Å². The fraction of sp³-hybridized carbons (Fsp3) is 0.842. The first-order chi connectivity index (χ1) is 11.7. The van der Waals surface area contributed by atoms with E-state index in [4.69, 9.17) is 4.74 Å². The fourth-order valence-electron chi connectivity index (χ4n) is 3.20. The van der Waals surface area contributed by atoms with Crippen molar-refractivity contribution in [2.24, 2.45) is 23.7 Å². The minimum absolute atomic E-state index is 0.0215. The van der Waals surface area contributed by atoms with Gasteiger partial charge in [-0.2, -0.15) is 0 Å². The Labute approximate surface area is 151 Å². The number of rotatable bonds is 7. The van der Waals surface area contributed by atoms with Gasteiger partial charge in [-0.05, 0) is 43.4 Å². The van der Waals surface area contributed by atoms with Crippen LogP contribution in [0.4, 0.5) is 0 Å². The summed E-state index contributed by atoms with van der Waals surface area (Å²) in [5.74, 6) is -0.390. The number of amides is 2. The van der Waals surface area contributed by atoms with Gasteiger partial charge in [0.05, 0.1) is 7.11 Å². The van der Waals surface area contributed by atoms with Gasteiger partial charge in [0.1, 0.15) is 12.1 Å². The smallest absolute Gasteiger partial charge is 0.328 e. The molecule has 0 heterocycles. The van der Waals surface area contributed by atoms with Crippen LogP contribution in [0.25, 0.3) is 0 Å². The highest BCUT2D eigenvalue weighted by molar-refractivity contribution is 5.91. The molecule has 2 atom stereocenters. The number of hydrogen-bond donors (Lipinski definition) is 2. The number of hydrogen-bond acceptors (Lipinski definition) is 4. The van der Waals surface area contributed by atoms with E-state index in [2.05, 4.69) is 17.6 Å². The fourth-order valence-corrected chi connectivity index (χ4v) is 3.20. The lowest BCUT2D eigenvalue weighted by atomic mass is 9.82. The van der Waals surface area contributed by atoms with E-state index < -0.39 is 18.1 Å². The molecule has 1 saturated carbocycles. The monoisotopic (exact) mass is 354 g/mol. The summed E-state index contributed by atoms with van der Waals surface area (Å²) in [6.45, 7) is 9.66. The Morgan fingerprint density at radius 2 is 1.40 bits per heavy atom. The average Bonchev–Trinajstić information content (AvgIpc) is 2.56. The third-order valence-corrected chi connectivity index (χ3v) is 5.05. The lowest BCUT2D eigenvalue weighted by Crippen LogP contribution is -2.56. The van der Waals surface area contributed by atoms with E-state index in [1.807, 2.05) is 27.7 Å². The van der Waals surface area contributed by atoms with Crippen LogP contribution < -0.4 is 10.6 Å². The van der Waals surface area contributed by atoms with Gasteiger partial charge in [-0.1, -0.05) is 34.6 Å². The van der Waals surface area contributed by atoms with Crippen molar-refractivity contribution in [2.75, 3.05) is 7.11 Å². The summed E-state index contributed by atoms with van der Waals surface area (Å²) >= 11 is 0. The van der Waals surface area contributed by atoms with Gasteiger partial charge >= 0.3 is 5.97 Å². The first kappa shape index (κ1) is 21.5. The molecule has 0 unspecified atom stereocenters. The van der Waals surface area contributed by atoms with E-state index >= 15 is 0 Å². The molecule has 1 aliphatic rings. The highest BCUT2D eigenvalue weighted by atomic mass is 16.5. The zero-order valence-electron chi connectivity index (χ0n) is 16.4. The van der Waals surface area contributed by atoms with Gasteiger partial charge < -0.3 is 15.4 Å². The molecule has 2 N–H and O–H groups in total. The van der Waals surface area contributed by atoms with Crippen LogP contribution in [0.3, 0.4) is 0 Å². The summed E-state index contributed by atoms with van der Waals surface area (Å²) in [6.07, 6.45) is 3.84. The molecular formula is C19H34N2O4. The molecule has 0 saturated heterocycles. The van der Waals surface area contributed by atoms with Crippen LogP contribution in [-0.2, 0) is 19.1 Å². The van der Waals surface area contributed by atoms with Crippen LogP contribution in [-0.4, -0.2) is 37.0 Å². The van der Waals surface area contributed by atoms with E-state index in [0.29, 0.717) is 5.92 Å². The molecule has 1 rings (SSSR count). The van der Waals surface area contributed by atoms with Crippen molar-refractivity contribution in [3.8, 4) is 0 Å². The SMILES string of the molecule is COC(=O)[C@H](NC(=O)[C@@H](NC(=O)C1CCC(C)CC1)C(C)C)C(C)C. The van der Waals surface area contributed by atoms with Gasteiger partial charge in [0.25, 0.3) is 0 Å². The van der Waals surface area contributed by atoms with E-state index in [1.54, 1.807) is 0 Å². The summed E-state index contributed by atoms with van der Waals surface area (Å²) in [5.41, 5.74) is 0. The van der Waals surface area contributed by atoms with Gasteiger partial charge in [0.15, 0.2) is 0 Å². The third-order valence-electron chi connectivity index (χ3n) is 5.05. The predicted molar refractivity (Wildman–Crippen MR) is 96.7 cm³/mol. The third kappa shape index (κ3) is 6.33. The van der Waals surface area contributed by atoms with Crippen LogP contribution >= 0.6 is 0 Å². The summed E-state index contributed by atoms with van der Waals surface area (Å²) < 4.78 is 4.76. The second-order valence-electron chi connectivity index (χ2n) is 7.94. The Morgan fingerprint density at radius 1 is 0.880 bits per heavy atom. The Bertz CT molecular complexity index is 468. The Kier molecular flexibility index (Phi) is 8.39. The maximum Gasteiger partial charge on any atom is 0.328 e. The van der Waals surface area contributed by atoms with Crippen molar-refractivity contribution >= 4 is 17.8 Å². The van der Waals surface area contributed by atoms with Gasteiger partial charge in [0.2, 0.25) is 11.8 Å². The number of carbonyl (C=O) groups is 3. The highest BCUT2D eigenvalue weighted by Gasteiger charge is 2.33. The van der Waals surface area contributed by atoms with Crippen molar-refractivity contribution in [1.29, 1.82) is 0 Å². The predicted octanol–water partition coefficient (Wildman–Crippen LogP) is 2.27. The highest BCUT2D eigenvalue weighted by Crippen LogP contribution is 2.28. The van der Waals surface area contributed by atoms with Crippen molar-refractivity contribution in [3.63, 3.8) is 0 Å². The van der Waals surface area contributed by atoms with Crippen LogP contribution in [0.5, 0.6) is 0 Å². The molecule has 0 bridgehead atoms. The summed E-state index contributed by atoms with van der Waals surface area (Å²) in [4.78, 5) is 37.1. The van der Waals surface area contributed by atoms with Crippen LogP contribution in [0, 0.1) is 23.7 Å². The summed E-state index contributed by atoms with van der Waals surface area (Å²) in [6, 6.07) is -1.37. The van der Waals surface area contributed by atoms with Crippen molar-refractivity contribution in [3.05, 3.63) is 0 Å². The molecule has 0 aromatic rings. The zero-order chi connectivity index (χ0) is 19.1. The lowest BCUT2D eigenvalue weighted by Gasteiger charge is -2.29. The second kappa shape index (κ2) is 9.78. The van der Waals surface area contributed by atoms with Crippen LogP contribution in [0.1, 0.15) is 60.3 Å². The summed E-state index contributed by atoms with van der Waals surface area (Å²) in [5, 5.41) is 5.63. The zero-order valence-corrected chi connectivity index (χ0v) is 16.4. The van der Waals surface area contributed by atoms with Crippen molar-refractivity contribution < 1.29 is 19.1 Å². The molecule has 144 valence electrons. The normalized spacial score (nSPS) is 23.0. The quantitative estimate of drug-likeness (QED) is 0.687. The number of ether oxygens (including phenoxy) is 1. The molecule has 6 heteroatoms. The maximum atomic E-state index is 12.7. The molecule has 0 radical (unpaired) electrons. The topological polar surface area (TPSA) is 84.5 Å². The van der Waals surface area contributed by atoms with Gasteiger partial charge in [-0.15, -0.1) is 0 Å². The molecule has 0 spiro atoms. The van der Waals surface area contributed by atoms with Gasteiger partial charge in [-0.25, -0.2) is 4.79 Å². The molecule has 1 fully saturated rings. The Hall–Kier alpha value is -1.59. The first-order valence-corrected chi connectivity index (χ1v) is 9.35. The standard InChI is InChI=1S/C19H34N2O4/c1-11(2)15(18(23)21-16(12(3)4)19(24)25-6)20-17(22)14-9-7-13(5)8-10-14/h11-16H,7-10H2,1-6H3,(H,20,22)(H,21,23)/t13?,14?,15-,16+/m0/s1. The molecule has 0 aliphatic heterocycles. The number of methoxy groups -OCH3 is 1. The number of esters is 1.